The average Bonchev–Trinajstić information content (AvgIpc) is 3.17. The second kappa shape index (κ2) is 10.3. The summed E-state index contributed by atoms with van der Waals surface area (Å²) in [7, 11) is -4.38. The zero-order chi connectivity index (χ0) is 28.8. The molecule has 39 heavy (non-hydrogen) atoms. The highest BCUT2D eigenvalue weighted by Crippen LogP contribution is 2.40. The molecule has 0 N–H and O–H groups in total. The van der Waals surface area contributed by atoms with Gasteiger partial charge in [-0.15, -0.1) is 0 Å². The largest absolute Gasteiger partial charge is 0.486 e. The Morgan fingerprint density at radius 2 is 1.92 bits per heavy atom. The lowest BCUT2D eigenvalue weighted by Crippen LogP contribution is -2.44. The monoisotopic (exact) mass is 587 g/mol. The third-order valence-electron chi connectivity index (χ3n) is 6.15. The van der Waals surface area contributed by atoms with Crippen LogP contribution in [0.5, 0.6) is 5.75 Å². The number of alkyl halides is 3. The van der Waals surface area contributed by atoms with Gasteiger partial charge in [0.1, 0.15) is 23.3 Å². The predicted octanol–water partition coefficient (Wildman–Crippen LogP) is 4.74. The molecule has 14 heteroatoms. The lowest BCUT2D eigenvalue weighted by molar-refractivity contribution is -0.257. The van der Waals surface area contributed by atoms with Crippen LogP contribution < -0.4 is 9.04 Å². The number of esters is 1. The molecule has 3 aromatic rings. The van der Waals surface area contributed by atoms with Gasteiger partial charge in [0.2, 0.25) is 5.60 Å². The lowest BCUT2D eigenvalue weighted by Gasteiger charge is -2.35. The Kier molecular flexibility index (Phi) is 7.60. The van der Waals surface area contributed by atoms with Crippen molar-refractivity contribution in [3.63, 3.8) is 0 Å². The Labute approximate surface area is 227 Å². The molecule has 2 aromatic heterocycles. The summed E-state index contributed by atoms with van der Waals surface area (Å²) in [6.07, 6.45) is -4.13. The molecule has 0 radical (unpaired) electrons. The van der Waals surface area contributed by atoms with Gasteiger partial charge in [-0.3, -0.25) is 13.5 Å². The van der Waals surface area contributed by atoms with Gasteiger partial charge in [0, 0.05) is 12.6 Å². The summed E-state index contributed by atoms with van der Waals surface area (Å²) in [4.78, 5) is 28.0. The van der Waals surface area contributed by atoms with Gasteiger partial charge in [-0.2, -0.15) is 21.6 Å². The first kappa shape index (κ1) is 28.7. The van der Waals surface area contributed by atoms with Crippen molar-refractivity contribution in [2.45, 2.75) is 62.9 Å². The molecule has 1 aliphatic heterocycles. The van der Waals surface area contributed by atoms with Gasteiger partial charge in [0.05, 0.1) is 18.7 Å². The van der Waals surface area contributed by atoms with E-state index >= 15 is 0 Å². The maximum atomic E-state index is 14.0. The molecule has 1 aromatic carbocycles. The molecule has 0 fully saturated rings. The molecule has 1 aliphatic rings. The number of imidazole rings is 1. The van der Waals surface area contributed by atoms with Crippen LogP contribution >= 0.6 is 11.6 Å². The van der Waals surface area contributed by atoms with Crippen LogP contribution in [-0.4, -0.2) is 54.0 Å². The molecule has 0 bridgehead atoms. The van der Waals surface area contributed by atoms with Crippen molar-refractivity contribution in [1.29, 1.82) is 0 Å². The lowest BCUT2D eigenvalue weighted by atomic mass is 10.1. The van der Waals surface area contributed by atoms with Crippen molar-refractivity contribution in [3.05, 3.63) is 53.3 Å². The minimum Gasteiger partial charge on any atom is -0.486 e. The number of hydrogen-bond acceptors (Lipinski definition) is 7. The van der Waals surface area contributed by atoms with E-state index in [0.717, 1.165) is 18.2 Å². The van der Waals surface area contributed by atoms with E-state index < -0.39 is 40.3 Å². The van der Waals surface area contributed by atoms with Crippen molar-refractivity contribution in [2.75, 3.05) is 10.8 Å². The van der Waals surface area contributed by atoms with E-state index in [1.54, 1.807) is 18.2 Å². The van der Waals surface area contributed by atoms with Crippen molar-refractivity contribution < 1.29 is 40.7 Å². The number of fused-ring (bicyclic) bond motifs is 2. The van der Waals surface area contributed by atoms with Crippen molar-refractivity contribution >= 4 is 44.7 Å². The highest BCUT2D eigenvalue weighted by atomic mass is 35.5. The Morgan fingerprint density at radius 3 is 2.59 bits per heavy atom. The Balaban J connectivity index is 1.73. The quantitative estimate of drug-likeness (QED) is 0.350. The summed E-state index contributed by atoms with van der Waals surface area (Å²) >= 11 is 6.27. The fraction of sp³-hybridized carbons (Fsp3) is 0.400. The smallest absolute Gasteiger partial charge is 0.427 e. The number of ketones is 1. The third-order valence-corrected chi connectivity index (χ3v) is 8.33. The number of pyridine rings is 1. The highest BCUT2D eigenvalue weighted by molar-refractivity contribution is 7.92. The Hall–Kier alpha value is -3.32. The van der Waals surface area contributed by atoms with Gasteiger partial charge in [-0.05, 0) is 57.0 Å². The van der Waals surface area contributed by atoms with Crippen LogP contribution in [0, 0.1) is 0 Å². The topological polar surface area (TPSA) is 107 Å². The zero-order valence-corrected chi connectivity index (χ0v) is 22.7. The van der Waals surface area contributed by atoms with Crippen LogP contribution in [-0.2, 0) is 30.8 Å². The molecule has 0 saturated carbocycles. The summed E-state index contributed by atoms with van der Waals surface area (Å²) < 4.78 is 80.5. The number of sulfonamides is 1. The second-order valence-electron chi connectivity index (χ2n) is 9.61. The van der Waals surface area contributed by atoms with Crippen LogP contribution in [0.15, 0.2) is 47.6 Å². The van der Waals surface area contributed by atoms with Gasteiger partial charge in [-0.25, -0.2) is 4.98 Å². The first-order valence-corrected chi connectivity index (χ1v) is 13.6. The van der Waals surface area contributed by atoms with Crippen molar-refractivity contribution in [3.8, 4) is 5.75 Å². The van der Waals surface area contributed by atoms with Crippen LogP contribution in [0.25, 0.3) is 5.65 Å². The van der Waals surface area contributed by atoms with E-state index in [1.165, 1.54) is 35.7 Å². The number of carbonyl (C=O) groups is 2. The van der Waals surface area contributed by atoms with Crippen molar-refractivity contribution in [1.82, 2.24) is 9.38 Å². The number of rotatable bonds is 8. The first-order chi connectivity index (χ1) is 18.1. The molecule has 4 rings (SSSR count). The third kappa shape index (κ3) is 5.83. The van der Waals surface area contributed by atoms with E-state index in [2.05, 4.69) is 9.72 Å². The summed E-state index contributed by atoms with van der Waals surface area (Å²) in [5.41, 5.74) is -2.16. The summed E-state index contributed by atoms with van der Waals surface area (Å²) in [6.45, 7) is 2.70. The normalized spacial score (nSPS) is 16.1. The van der Waals surface area contributed by atoms with Gasteiger partial charge >= 0.3 is 12.1 Å². The van der Waals surface area contributed by atoms with E-state index in [9.17, 15) is 31.2 Å². The second-order valence-corrected chi connectivity index (χ2v) is 11.7. The fourth-order valence-electron chi connectivity index (χ4n) is 4.03. The molecule has 0 aliphatic carbocycles. The number of nitrogens with zero attached hydrogens (tertiary/aromatic N) is 3. The number of benzene rings is 1. The average molecular weight is 588 g/mol. The maximum Gasteiger partial charge on any atom is 0.427 e. The predicted molar refractivity (Wildman–Crippen MR) is 135 cm³/mol. The molecular weight excluding hydrogens is 563 g/mol. The first-order valence-electron chi connectivity index (χ1n) is 11.8. The molecule has 210 valence electrons. The molecular formula is C25H25ClF3N3O6S. The molecule has 1 atom stereocenters. The number of halogens is 4. The number of aromatic nitrogens is 2. The van der Waals surface area contributed by atoms with Gasteiger partial charge < -0.3 is 14.3 Å². The molecule has 9 nitrogen and oxygen atoms in total. The van der Waals surface area contributed by atoms with Gasteiger partial charge in [0.25, 0.3) is 10.0 Å². The number of Topliss-reactive ketones (excluding diaryl/α,β-unsaturated/α-hetero) is 1. The molecule has 3 heterocycles. The van der Waals surface area contributed by atoms with Crippen LogP contribution in [0.1, 0.15) is 39.2 Å². The van der Waals surface area contributed by atoms with Crippen LogP contribution in [0.2, 0.25) is 5.15 Å². The summed E-state index contributed by atoms with van der Waals surface area (Å²) in [5.74, 6) is -1.09. The summed E-state index contributed by atoms with van der Waals surface area (Å²) in [6, 6.07) is 9.06. The van der Waals surface area contributed by atoms with Gasteiger partial charge in [-0.1, -0.05) is 23.7 Å². The Morgan fingerprint density at radius 1 is 1.21 bits per heavy atom. The maximum absolute atomic E-state index is 14.0. The fourth-order valence-corrected chi connectivity index (χ4v) is 6.14. The van der Waals surface area contributed by atoms with Crippen LogP contribution in [0.3, 0.4) is 0 Å². The number of anilines is 1. The highest BCUT2D eigenvalue weighted by Gasteiger charge is 2.50. The van der Waals surface area contributed by atoms with Crippen LogP contribution in [0.4, 0.5) is 18.9 Å². The molecule has 0 unspecified atom stereocenters. The molecule has 0 spiro atoms. The summed E-state index contributed by atoms with van der Waals surface area (Å²) in [5, 5.41) is -0.557. The van der Waals surface area contributed by atoms with Crippen molar-refractivity contribution in [2.24, 2.45) is 0 Å². The minimum atomic E-state index is -4.78. The van der Waals surface area contributed by atoms with Gasteiger partial charge in [0.15, 0.2) is 10.2 Å². The SMILES string of the molecule is CC(=O)CC[C@H]1CN(S(=O)(=O)c2c(Cl)nc3ccccn23)c2cc(CC(=O)OC(C)(C)C(F)(F)F)ccc2O1. The zero-order valence-electron chi connectivity index (χ0n) is 21.2. The standard InChI is InChI=1S/C25H25ClF3N3O6S/c1-15(33)7-9-17-14-32(39(35,36)23-22(26)30-20-6-4-5-11-31(20)23)18-12-16(8-10-19(18)37-17)13-21(34)38-24(2,3)25(27,28)29/h4-6,8,10-12,17H,7,9,13-14H2,1-3H3/t17-/m0/s1. The number of carbonyl (C=O) groups excluding carboxylic acids is 2. The Bertz CT molecular complexity index is 1540. The minimum absolute atomic E-state index is 0.0522. The van der Waals surface area contributed by atoms with E-state index in [0.29, 0.717) is 5.65 Å². The van der Waals surface area contributed by atoms with E-state index in [-0.39, 0.29) is 52.3 Å². The number of ether oxygens (including phenoxy) is 2. The van der Waals surface area contributed by atoms with E-state index in [4.69, 9.17) is 16.3 Å². The number of hydrogen-bond donors (Lipinski definition) is 0. The molecule has 0 saturated heterocycles. The molecule has 0 amide bonds. The van der Waals surface area contributed by atoms with E-state index in [1.807, 2.05) is 0 Å².